The highest BCUT2D eigenvalue weighted by molar-refractivity contribution is 7.90. The van der Waals surface area contributed by atoms with Crippen molar-refractivity contribution in [2.24, 2.45) is 5.92 Å². The SMILES string of the molecule is CC(C1CC1)N1Cc2cc(-c3ccnc(C#N)c3)cc(S(C)(=O)=O)c2C1=O. The van der Waals surface area contributed by atoms with Gasteiger partial charge in [-0.05, 0) is 66.6 Å². The van der Waals surface area contributed by atoms with Crippen molar-refractivity contribution >= 4 is 15.7 Å². The molecule has 138 valence electrons. The molecule has 1 fully saturated rings. The van der Waals surface area contributed by atoms with E-state index in [1.165, 1.54) is 12.3 Å². The third-order valence-corrected chi connectivity index (χ3v) is 6.52. The lowest BCUT2D eigenvalue weighted by Gasteiger charge is -2.24. The smallest absolute Gasteiger partial charge is 0.256 e. The Hall–Kier alpha value is -2.72. The maximum absolute atomic E-state index is 13.0. The van der Waals surface area contributed by atoms with E-state index in [9.17, 15) is 13.2 Å². The Morgan fingerprint density at radius 3 is 2.63 bits per heavy atom. The predicted molar refractivity (Wildman–Crippen MR) is 99.6 cm³/mol. The normalized spacial score (nSPS) is 17.5. The van der Waals surface area contributed by atoms with Crippen LogP contribution < -0.4 is 0 Å². The summed E-state index contributed by atoms with van der Waals surface area (Å²) >= 11 is 0. The van der Waals surface area contributed by atoms with Gasteiger partial charge in [0.05, 0.1) is 10.5 Å². The fourth-order valence-electron chi connectivity index (χ4n) is 3.73. The van der Waals surface area contributed by atoms with E-state index in [1.807, 2.05) is 19.1 Å². The molecule has 2 heterocycles. The van der Waals surface area contributed by atoms with Crippen LogP contribution in [0.25, 0.3) is 11.1 Å². The van der Waals surface area contributed by atoms with Crippen LogP contribution in [0.2, 0.25) is 0 Å². The van der Waals surface area contributed by atoms with Crippen LogP contribution in [0.1, 0.15) is 41.4 Å². The number of fused-ring (bicyclic) bond motifs is 1. The van der Waals surface area contributed by atoms with Gasteiger partial charge in [0.15, 0.2) is 9.84 Å². The number of pyridine rings is 1. The Bertz CT molecular complexity index is 1100. The van der Waals surface area contributed by atoms with E-state index in [0.29, 0.717) is 29.2 Å². The summed E-state index contributed by atoms with van der Waals surface area (Å²) in [6.07, 6.45) is 4.87. The van der Waals surface area contributed by atoms with Gasteiger partial charge in [0.25, 0.3) is 5.91 Å². The number of hydrogen-bond acceptors (Lipinski definition) is 5. The summed E-state index contributed by atoms with van der Waals surface area (Å²) in [5.41, 5.74) is 2.65. The molecule has 1 aliphatic carbocycles. The van der Waals surface area contributed by atoms with Gasteiger partial charge in [-0.25, -0.2) is 13.4 Å². The number of sulfone groups is 1. The standard InChI is InChI=1S/C20H19N3O3S/c1-12(13-3-4-13)23-11-16-7-15(14-5-6-22-17(8-14)10-21)9-18(27(2,25)26)19(16)20(23)24/h5-9,12-13H,3-4,11H2,1-2H3. The third-order valence-electron chi connectivity index (χ3n) is 5.40. The number of rotatable bonds is 4. The monoisotopic (exact) mass is 381 g/mol. The van der Waals surface area contributed by atoms with Gasteiger partial charge in [-0.1, -0.05) is 0 Å². The van der Waals surface area contributed by atoms with Crippen molar-refractivity contribution in [3.63, 3.8) is 0 Å². The number of hydrogen-bond donors (Lipinski definition) is 0. The van der Waals surface area contributed by atoms with E-state index in [1.54, 1.807) is 17.0 Å². The lowest BCUT2D eigenvalue weighted by Crippen LogP contribution is -2.35. The zero-order chi connectivity index (χ0) is 19.3. The van der Waals surface area contributed by atoms with E-state index < -0.39 is 9.84 Å². The second kappa shape index (κ2) is 6.17. The molecular weight excluding hydrogens is 362 g/mol. The summed E-state index contributed by atoms with van der Waals surface area (Å²) in [5, 5.41) is 9.08. The highest BCUT2D eigenvalue weighted by atomic mass is 32.2. The largest absolute Gasteiger partial charge is 0.331 e. The molecule has 7 heteroatoms. The molecule has 1 aliphatic heterocycles. The van der Waals surface area contributed by atoms with Crippen LogP contribution in [0.4, 0.5) is 0 Å². The number of benzene rings is 1. The molecule has 4 rings (SSSR count). The van der Waals surface area contributed by atoms with Crippen LogP contribution in [0.15, 0.2) is 35.4 Å². The molecule has 0 radical (unpaired) electrons. The van der Waals surface area contributed by atoms with Gasteiger partial charge in [0, 0.05) is 25.0 Å². The minimum Gasteiger partial charge on any atom is -0.331 e. The summed E-state index contributed by atoms with van der Waals surface area (Å²) in [6, 6.07) is 8.84. The van der Waals surface area contributed by atoms with Crippen molar-refractivity contribution in [2.45, 2.75) is 37.2 Å². The molecule has 1 unspecified atom stereocenters. The van der Waals surface area contributed by atoms with Gasteiger partial charge in [-0.3, -0.25) is 4.79 Å². The summed E-state index contributed by atoms with van der Waals surface area (Å²) in [6.45, 7) is 2.45. The average molecular weight is 381 g/mol. The molecule has 6 nitrogen and oxygen atoms in total. The first-order valence-corrected chi connectivity index (χ1v) is 10.7. The molecule has 2 aliphatic rings. The number of aromatic nitrogens is 1. The van der Waals surface area contributed by atoms with Gasteiger partial charge in [0.1, 0.15) is 11.8 Å². The fraction of sp³-hybridized carbons (Fsp3) is 0.350. The first-order valence-electron chi connectivity index (χ1n) is 8.84. The molecule has 1 atom stereocenters. The minimum absolute atomic E-state index is 0.0563. The molecule has 27 heavy (non-hydrogen) atoms. The molecule has 0 saturated heterocycles. The molecular formula is C20H19N3O3S. The van der Waals surface area contributed by atoms with Gasteiger partial charge < -0.3 is 4.90 Å². The maximum Gasteiger partial charge on any atom is 0.256 e. The highest BCUT2D eigenvalue weighted by Crippen LogP contribution is 2.40. The van der Waals surface area contributed by atoms with Crippen LogP contribution >= 0.6 is 0 Å². The zero-order valence-electron chi connectivity index (χ0n) is 15.1. The van der Waals surface area contributed by atoms with Gasteiger partial charge in [-0.2, -0.15) is 5.26 Å². The number of nitrogens with zero attached hydrogens (tertiary/aromatic N) is 3. The average Bonchev–Trinajstić information content (AvgIpc) is 3.44. The number of carbonyl (C=O) groups is 1. The summed E-state index contributed by atoms with van der Waals surface area (Å²) in [5.74, 6) is 0.298. The second-order valence-electron chi connectivity index (χ2n) is 7.33. The highest BCUT2D eigenvalue weighted by Gasteiger charge is 2.40. The molecule has 0 spiro atoms. The Labute approximate surface area is 158 Å². The zero-order valence-corrected chi connectivity index (χ0v) is 16.0. The van der Waals surface area contributed by atoms with E-state index in [0.717, 1.165) is 24.7 Å². The molecule has 1 saturated carbocycles. The van der Waals surface area contributed by atoms with Crippen LogP contribution in [-0.4, -0.2) is 36.5 Å². The molecule has 1 aromatic carbocycles. The first kappa shape index (κ1) is 17.7. The van der Waals surface area contributed by atoms with E-state index in [4.69, 9.17) is 5.26 Å². The van der Waals surface area contributed by atoms with Crippen molar-refractivity contribution in [1.29, 1.82) is 5.26 Å². The maximum atomic E-state index is 13.0. The fourth-order valence-corrected chi connectivity index (χ4v) is 4.66. The van der Waals surface area contributed by atoms with Crippen molar-refractivity contribution < 1.29 is 13.2 Å². The molecule has 2 aromatic rings. The Morgan fingerprint density at radius 2 is 2.00 bits per heavy atom. The number of nitriles is 1. The van der Waals surface area contributed by atoms with Crippen molar-refractivity contribution in [2.75, 3.05) is 6.26 Å². The van der Waals surface area contributed by atoms with Crippen molar-refractivity contribution in [3.8, 4) is 17.2 Å². The van der Waals surface area contributed by atoms with Gasteiger partial charge in [0.2, 0.25) is 0 Å². The quantitative estimate of drug-likeness (QED) is 0.812. The lowest BCUT2D eigenvalue weighted by molar-refractivity contribution is 0.0694. The molecule has 1 aromatic heterocycles. The molecule has 1 amide bonds. The van der Waals surface area contributed by atoms with E-state index in [-0.39, 0.29) is 22.5 Å². The van der Waals surface area contributed by atoms with Gasteiger partial charge in [-0.15, -0.1) is 0 Å². The number of amides is 1. The van der Waals surface area contributed by atoms with Crippen LogP contribution in [-0.2, 0) is 16.4 Å². The Balaban J connectivity index is 1.86. The topological polar surface area (TPSA) is 91.1 Å². The Morgan fingerprint density at radius 1 is 1.26 bits per heavy atom. The number of carbonyl (C=O) groups excluding carboxylic acids is 1. The van der Waals surface area contributed by atoms with E-state index >= 15 is 0 Å². The molecule has 0 N–H and O–H groups in total. The van der Waals surface area contributed by atoms with Crippen LogP contribution in [0, 0.1) is 17.2 Å². The summed E-state index contributed by atoms with van der Waals surface area (Å²) in [7, 11) is -3.59. The van der Waals surface area contributed by atoms with Crippen molar-refractivity contribution in [1.82, 2.24) is 9.88 Å². The minimum atomic E-state index is -3.59. The van der Waals surface area contributed by atoms with Gasteiger partial charge >= 0.3 is 0 Å². The first-order chi connectivity index (χ1) is 12.8. The predicted octanol–water partition coefficient (Wildman–Crippen LogP) is 2.78. The lowest BCUT2D eigenvalue weighted by atomic mass is 10.0. The van der Waals surface area contributed by atoms with E-state index in [2.05, 4.69) is 4.98 Å². The third kappa shape index (κ3) is 3.10. The second-order valence-corrected chi connectivity index (χ2v) is 9.32. The van der Waals surface area contributed by atoms with Crippen LogP contribution in [0.3, 0.4) is 0 Å². The summed E-state index contributed by atoms with van der Waals surface area (Å²) in [4.78, 5) is 18.8. The Kier molecular flexibility index (Phi) is 4.04. The van der Waals surface area contributed by atoms with Crippen molar-refractivity contribution in [3.05, 3.63) is 47.3 Å². The summed E-state index contributed by atoms with van der Waals surface area (Å²) < 4.78 is 24.9. The van der Waals surface area contributed by atoms with Crippen LogP contribution in [0.5, 0.6) is 0 Å². The molecule has 0 bridgehead atoms.